The molecule has 0 aromatic rings. The summed E-state index contributed by atoms with van der Waals surface area (Å²) in [5.41, 5.74) is 0. The lowest BCUT2D eigenvalue weighted by Gasteiger charge is -2.28. The van der Waals surface area contributed by atoms with Crippen LogP contribution in [0.15, 0.2) is 12.7 Å². The summed E-state index contributed by atoms with van der Waals surface area (Å²) in [7, 11) is 0. The van der Waals surface area contributed by atoms with Gasteiger partial charge in [0.1, 0.15) is 0 Å². The number of ether oxygens (including phenoxy) is 2. The van der Waals surface area contributed by atoms with Gasteiger partial charge in [0.15, 0.2) is 6.29 Å². The molecule has 0 N–H and O–H groups in total. The first-order valence-corrected chi connectivity index (χ1v) is 7.21. The highest BCUT2D eigenvalue weighted by Gasteiger charge is 2.18. The Labute approximate surface area is 106 Å². The van der Waals surface area contributed by atoms with Crippen LogP contribution in [0.2, 0.25) is 0 Å². The molecule has 2 nitrogen and oxygen atoms in total. The molecule has 1 saturated heterocycles. The highest BCUT2D eigenvalue weighted by atomic mass is 16.7. The molecule has 0 spiro atoms. The van der Waals surface area contributed by atoms with Crippen molar-refractivity contribution in [2.24, 2.45) is 0 Å². The van der Waals surface area contributed by atoms with Gasteiger partial charge in [-0.15, -0.1) is 6.58 Å². The summed E-state index contributed by atoms with van der Waals surface area (Å²) in [5.74, 6) is 0. The van der Waals surface area contributed by atoms with E-state index in [0.717, 1.165) is 19.4 Å². The lowest BCUT2D eigenvalue weighted by molar-refractivity contribution is -0.210. The molecule has 0 radical (unpaired) electrons. The molecule has 1 fully saturated rings. The van der Waals surface area contributed by atoms with E-state index in [9.17, 15) is 0 Å². The molecular weight excluding hydrogens is 212 g/mol. The molecule has 2 atom stereocenters. The minimum Gasteiger partial charge on any atom is -0.353 e. The van der Waals surface area contributed by atoms with Gasteiger partial charge in [-0.3, -0.25) is 0 Å². The lowest BCUT2D eigenvalue weighted by atomic mass is 10.1. The third kappa shape index (κ3) is 7.56. The van der Waals surface area contributed by atoms with E-state index in [0.29, 0.717) is 6.10 Å². The summed E-state index contributed by atoms with van der Waals surface area (Å²) < 4.78 is 11.3. The molecule has 100 valence electrons. The van der Waals surface area contributed by atoms with E-state index in [1.54, 1.807) is 0 Å². The summed E-state index contributed by atoms with van der Waals surface area (Å²) in [6.45, 7) is 6.74. The second kappa shape index (κ2) is 9.67. The van der Waals surface area contributed by atoms with Crippen molar-refractivity contribution >= 4 is 0 Å². The lowest BCUT2D eigenvalue weighted by Crippen LogP contribution is -2.30. The fourth-order valence-electron chi connectivity index (χ4n) is 2.19. The average molecular weight is 240 g/mol. The molecule has 1 aliphatic rings. The van der Waals surface area contributed by atoms with Crippen molar-refractivity contribution in [2.75, 3.05) is 6.61 Å². The maximum atomic E-state index is 5.71. The molecule has 0 aliphatic carbocycles. The van der Waals surface area contributed by atoms with Gasteiger partial charge < -0.3 is 9.47 Å². The Morgan fingerprint density at radius 3 is 2.53 bits per heavy atom. The predicted octanol–water partition coefficient (Wildman–Crippen LogP) is 4.44. The Balaban J connectivity index is 1.85. The zero-order valence-corrected chi connectivity index (χ0v) is 11.3. The van der Waals surface area contributed by atoms with E-state index in [2.05, 4.69) is 13.5 Å². The second-order valence-electron chi connectivity index (χ2n) is 5.02. The van der Waals surface area contributed by atoms with Crippen molar-refractivity contribution in [3.05, 3.63) is 12.7 Å². The van der Waals surface area contributed by atoms with Crippen molar-refractivity contribution in [1.82, 2.24) is 0 Å². The van der Waals surface area contributed by atoms with Crippen molar-refractivity contribution in [3.8, 4) is 0 Å². The fraction of sp³-hybridized carbons (Fsp3) is 0.867. The Morgan fingerprint density at radius 2 is 1.82 bits per heavy atom. The summed E-state index contributed by atoms with van der Waals surface area (Å²) in [5, 5.41) is 0. The second-order valence-corrected chi connectivity index (χ2v) is 5.02. The molecule has 2 heteroatoms. The zero-order chi connectivity index (χ0) is 12.3. The van der Waals surface area contributed by atoms with E-state index in [1.165, 1.54) is 44.9 Å². The van der Waals surface area contributed by atoms with Crippen LogP contribution >= 0.6 is 0 Å². The number of hydrogen-bond acceptors (Lipinski definition) is 2. The van der Waals surface area contributed by atoms with E-state index < -0.39 is 0 Å². The number of hydrogen-bond donors (Lipinski definition) is 0. The van der Waals surface area contributed by atoms with Gasteiger partial charge in [0.25, 0.3) is 0 Å². The summed E-state index contributed by atoms with van der Waals surface area (Å²) in [6.07, 6.45) is 13.6. The highest BCUT2D eigenvalue weighted by Crippen LogP contribution is 2.17. The van der Waals surface area contributed by atoms with Gasteiger partial charge in [-0.1, -0.05) is 31.8 Å². The first-order chi connectivity index (χ1) is 8.33. The van der Waals surface area contributed by atoms with Gasteiger partial charge in [0.2, 0.25) is 0 Å². The summed E-state index contributed by atoms with van der Waals surface area (Å²) in [6, 6.07) is 0. The zero-order valence-electron chi connectivity index (χ0n) is 11.3. The van der Waals surface area contributed by atoms with E-state index >= 15 is 0 Å². The first-order valence-electron chi connectivity index (χ1n) is 7.21. The van der Waals surface area contributed by atoms with Gasteiger partial charge in [0, 0.05) is 0 Å². The molecule has 0 saturated carbocycles. The topological polar surface area (TPSA) is 18.5 Å². The fourth-order valence-corrected chi connectivity index (χ4v) is 2.19. The number of allylic oxidation sites excluding steroid dienone is 1. The molecule has 0 aromatic carbocycles. The largest absolute Gasteiger partial charge is 0.353 e. The maximum Gasteiger partial charge on any atom is 0.157 e. The molecule has 1 aliphatic heterocycles. The van der Waals surface area contributed by atoms with Crippen LogP contribution in [0.4, 0.5) is 0 Å². The molecule has 0 bridgehead atoms. The minimum absolute atomic E-state index is 0.0690. The molecule has 1 rings (SSSR count). The van der Waals surface area contributed by atoms with Gasteiger partial charge in [-0.2, -0.15) is 0 Å². The van der Waals surface area contributed by atoms with Gasteiger partial charge in [-0.05, 0) is 39.0 Å². The van der Waals surface area contributed by atoms with Crippen molar-refractivity contribution in [2.45, 2.75) is 77.1 Å². The molecule has 2 unspecified atom stereocenters. The molecular formula is C15H28O2. The third-order valence-electron chi connectivity index (χ3n) is 3.31. The van der Waals surface area contributed by atoms with E-state index in [4.69, 9.17) is 9.47 Å². The monoisotopic (exact) mass is 240 g/mol. The molecule has 0 amide bonds. The van der Waals surface area contributed by atoms with Crippen molar-refractivity contribution in [3.63, 3.8) is 0 Å². The van der Waals surface area contributed by atoms with Crippen LogP contribution in [0.25, 0.3) is 0 Å². The maximum absolute atomic E-state index is 5.71. The first kappa shape index (κ1) is 14.7. The van der Waals surface area contributed by atoms with Gasteiger partial charge >= 0.3 is 0 Å². The van der Waals surface area contributed by atoms with Crippen LogP contribution in [0.3, 0.4) is 0 Å². The Kier molecular flexibility index (Phi) is 8.37. The Hall–Kier alpha value is -0.340. The standard InChI is InChI=1S/C15H28O2/c1-3-4-5-6-7-8-9-10-11-15-16-13-12-14(2)17-15/h3,14-15H,1,4-13H2,2H3. The van der Waals surface area contributed by atoms with Crippen LogP contribution in [0, 0.1) is 0 Å². The molecule has 1 heterocycles. The van der Waals surface area contributed by atoms with Crippen LogP contribution < -0.4 is 0 Å². The normalized spacial score (nSPS) is 24.8. The van der Waals surface area contributed by atoms with Crippen molar-refractivity contribution < 1.29 is 9.47 Å². The third-order valence-corrected chi connectivity index (χ3v) is 3.31. The van der Waals surface area contributed by atoms with E-state index in [-0.39, 0.29) is 6.29 Å². The van der Waals surface area contributed by atoms with Crippen LogP contribution in [-0.4, -0.2) is 19.0 Å². The Bertz CT molecular complexity index is 191. The molecule has 0 aromatic heterocycles. The average Bonchev–Trinajstić information content (AvgIpc) is 2.33. The smallest absolute Gasteiger partial charge is 0.157 e. The van der Waals surface area contributed by atoms with Crippen LogP contribution in [0.1, 0.15) is 64.7 Å². The number of rotatable bonds is 9. The molecule has 17 heavy (non-hydrogen) atoms. The van der Waals surface area contributed by atoms with Gasteiger partial charge in [0.05, 0.1) is 12.7 Å². The predicted molar refractivity (Wildman–Crippen MR) is 72.0 cm³/mol. The van der Waals surface area contributed by atoms with Gasteiger partial charge in [-0.25, -0.2) is 0 Å². The van der Waals surface area contributed by atoms with E-state index in [1.807, 2.05) is 6.08 Å². The van der Waals surface area contributed by atoms with Crippen LogP contribution in [-0.2, 0) is 9.47 Å². The minimum atomic E-state index is 0.0690. The SMILES string of the molecule is C=CCCCCCCCCC1OCCC(C)O1. The Morgan fingerprint density at radius 1 is 1.12 bits per heavy atom. The van der Waals surface area contributed by atoms with Crippen LogP contribution in [0.5, 0.6) is 0 Å². The summed E-state index contributed by atoms with van der Waals surface area (Å²) in [4.78, 5) is 0. The quantitative estimate of drug-likeness (QED) is 0.438. The summed E-state index contributed by atoms with van der Waals surface area (Å²) >= 11 is 0. The van der Waals surface area contributed by atoms with Crippen molar-refractivity contribution in [1.29, 1.82) is 0 Å². The highest BCUT2D eigenvalue weighted by molar-refractivity contribution is 4.65. The number of unbranched alkanes of at least 4 members (excludes halogenated alkanes) is 6.